The number of amides is 1. The number of rotatable bonds is 2. The first kappa shape index (κ1) is 13.5. The van der Waals surface area contributed by atoms with Gasteiger partial charge in [-0.3, -0.25) is 4.79 Å². The molecule has 3 unspecified atom stereocenters. The predicted molar refractivity (Wildman–Crippen MR) is 47.0 cm³/mol. The van der Waals surface area contributed by atoms with Gasteiger partial charge in [-0.2, -0.15) is 13.2 Å². The molecule has 1 aliphatic rings. The van der Waals surface area contributed by atoms with Crippen molar-refractivity contribution in [3.8, 4) is 0 Å². The highest BCUT2D eigenvalue weighted by Gasteiger charge is 2.44. The molecule has 3 atom stereocenters. The summed E-state index contributed by atoms with van der Waals surface area (Å²) < 4.78 is 35.9. The standard InChI is InChI=1S/C7H11F3N2O.ClH/c1-3(7(8,9)10)6(13)12-5-2-4(5)11;/h3-5H,2,11H2,1H3,(H,12,13);1H. The van der Waals surface area contributed by atoms with Crippen molar-refractivity contribution < 1.29 is 18.0 Å². The van der Waals surface area contributed by atoms with Gasteiger partial charge in [0.2, 0.25) is 5.91 Å². The minimum absolute atomic E-state index is 0. The number of carbonyl (C=O) groups excluding carboxylic acids is 1. The Morgan fingerprint density at radius 3 is 2.29 bits per heavy atom. The highest BCUT2D eigenvalue weighted by molar-refractivity contribution is 5.85. The number of hydrogen-bond donors (Lipinski definition) is 2. The number of hydrogen-bond acceptors (Lipinski definition) is 2. The number of alkyl halides is 3. The number of nitrogens with two attached hydrogens (primary N) is 1. The lowest BCUT2D eigenvalue weighted by Gasteiger charge is -2.14. The summed E-state index contributed by atoms with van der Waals surface area (Å²) in [6, 6.07) is -0.443. The second-order valence-corrected chi connectivity index (χ2v) is 3.28. The molecule has 1 saturated carbocycles. The average molecular weight is 233 g/mol. The predicted octanol–water partition coefficient (Wildman–Crippen LogP) is 0.822. The van der Waals surface area contributed by atoms with E-state index in [-0.39, 0.29) is 24.5 Å². The van der Waals surface area contributed by atoms with Gasteiger partial charge in [0.25, 0.3) is 0 Å². The van der Waals surface area contributed by atoms with Crippen molar-refractivity contribution in [3.63, 3.8) is 0 Å². The third-order valence-electron chi connectivity index (χ3n) is 2.05. The zero-order valence-electron chi connectivity index (χ0n) is 7.47. The van der Waals surface area contributed by atoms with Gasteiger partial charge in [-0.05, 0) is 13.3 Å². The second-order valence-electron chi connectivity index (χ2n) is 3.28. The average Bonchev–Trinajstić information content (AvgIpc) is 2.63. The molecule has 3 N–H and O–H groups in total. The summed E-state index contributed by atoms with van der Waals surface area (Å²) in [6.07, 6.45) is -3.90. The van der Waals surface area contributed by atoms with E-state index in [1.165, 1.54) is 0 Å². The largest absolute Gasteiger partial charge is 0.400 e. The molecule has 14 heavy (non-hydrogen) atoms. The van der Waals surface area contributed by atoms with E-state index in [1.54, 1.807) is 0 Å². The van der Waals surface area contributed by atoms with E-state index in [9.17, 15) is 18.0 Å². The summed E-state index contributed by atoms with van der Waals surface area (Å²) in [4.78, 5) is 10.9. The monoisotopic (exact) mass is 232 g/mol. The Kier molecular flexibility index (Phi) is 4.20. The highest BCUT2D eigenvalue weighted by Crippen LogP contribution is 2.27. The molecule has 7 heteroatoms. The first-order valence-corrected chi connectivity index (χ1v) is 3.95. The number of halogens is 4. The first-order valence-electron chi connectivity index (χ1n) is 3.95. The Balaban J connectivity index is 0.00000169. The molecule has 0 heterocycles. The van der Waals surface area contributed by atoms with Crippen LogP contribution in [0.1, 0.15) is 13.3 Å². The highest BCUT2D eigenvalue weighted by atomic mass is 35.5. The lowest BCUT2D eigenvalue weighted by atomic mass is 10.1. The van der Waals surface area contributed by atoms with E-state index in [1.807, 2.05) is 0 Å². The molecular weight excluding hydrogens is 221 g/mol. The van der Waals surface area contributed by atoms with E-state index in [0.29, 0.717) is 6.42 Å². The molecule has 3 nitrogen and oxygen atoms in total. The van der Waals surface area contributed by atoms with Gasteiger partial charge in [-0.15, -0.1) is 12.4 Å². The van der Waals surface area contributed by atoms with Gasteiger partial charge >= 0.3 is 6.18 Å². The van der Waals surface area contributed by atoms with Gasteiger partial charge in [0.1, 0.15) is 5.92 Å². The van der Waals surface area contributed by atoms with Crippen LogP contribution >= 0.6 is 12.4 Å². The van der Waals surface area contributed by atoms with Crippen molar-refractivity contribution in [1.29, 1.82) is 0 Å². The maximum Gasteiger partial charge on any atom is 0.400 e. The molecule has 1 aliphatic carbocycles. The van der Waals surface area contributed by atoms with Crippen LogP contribution in [0, 0.1) is 5.92 Å². The molecule has 0 aliphatic heterocycles. The van der Waals surface area contributed by atoms with Crippen LogP contribution in [0.5, 0.6) is 0 Å². The molecule has 84 valence electrons. The van der Waals surface area contributed by atoms with E-state index in [4.69, 9.17) is 5.73 Å². The molecule has 0 saturated heterocycles. The van der Waals surface area contributed by atoms with E-state index in [2.05, 4.69) is 5.32 Å². The van der Waals surface area contributed by atoms with Crippen LogP contribution in [0.25, 0.3) is 0 Å². The molecule has 1 rings (SSSR count). The van der Waals surface area contributed by atoms with Gasteiger partial charge < -0.3 is 11.1 Å². The summed E-state index contributed by atoms with van der Waals surface area (Å²) in [7, 11) is 0. The third kappa shape index (κ3) is 3.34. The Labute approximate surface area is 85.6 Å². The molecule has 0 radical (unpaired) electrons. The molecule has 1 amide bonds. The van der Waals surface area contributed by atoms with Crippen LogP contribution in [-0.2, 0) is 4.79 Å². The second kappa shape index (κ2) is 4.35. The van der Waals surface area contributed by atoms with Crippen LogP contribution in [0.3, 0.4) is 0 Å². The molecule has 0 spiro atoms. The van der Waals surface area contributed by atoms with Gasteiger partial charge in [-0.25, -0.2) is 0 Å². The molecule has 0 aromatic rings. The van der Waals surface area contributed by atoms with Crippen LogP contribution in [0.15, 0.2) is 0 Å². The topological polar surface area (TPSA) is 55.1 Å². The van der Waals surface area contributed by atoms with Crippen LogP contribution in [0.2, 0.25) is 0 Å². The molecule has 1 fully saturated rings. The fourth-order valence-corrected chi connectivity index (χ4v) is 0.837. The van der Waals surface area contributed by atoms with Crippen molar-refractivity contribution in [2.75, 3.05) is 0 Å². The lowest BCUT2D eigenvalue weighted by molar-refractivity contribution is -0.178. The van der Waals surface area contributed by atoms with Gasteiger partial charge in [0.05, 0.1) is 0 Å². The summed E-state index contributed by atoms with van der Waals surface area (Å²) >= 11 is 0. The smallest absolute Gasteiger partial charge is 0.351 e. The Morgan fingerprint density at radius 2 is 2.00 bits per heavy atom. The van der Waals surface area contributed by atoms with Crippen LogP contribution in [-0.4, -0.2) is 24.2 Å². The van der Waals surface area contributed by atoms with Gasteiger partial charge in [0.15, 0.2) is 0 Å². The van der Waals surface area contributed by atoms with E-state index in [0.717, 1.165) is 6.92 Å². The maximum atomic E-state index is 12.0. The summed E-state index contributed by atoms with van der Waals surface area (Å²) in [5.74, 6) is -2.95. The van der Waals surface area contributed by atoms with Crippen LogP contribution < -0.4 is 11.1 Å². The van der Waals surface area contributed by atoms with Gasteiger partial charge in [-0.1, -0.05) is 0 Å². The zero-order valence-corrected chi connectivity index (χ0v) is 8.28. The Bertz CT molecular complexity index is 221. The van der Waals surface area contributed by atoms with Crippen molar-refractivity contribution in [1.82, 2.24) is 5.32 Å². The third-order valence-corrected chi connectivity index (χ3v) is 2.05. The molecule has 0 aromatic carbocycles. The van der Waals surface area contributed by atoms with Crippen molar-refractivity contribution in [2.45, 2.75) is 31.6 Å². The summed E-state index contributed by atoms with van der Waals surface area (Å²) in [5.41, 5.74) is 5.33. The Morgan fingerprint density at radius 1 is 1.57 bits per heavy atom. The van der Waals surface area contributed by atoms with E-state index >= 15 is 0 Å². The number of nitrogens with one attached hydrogen (secondary N) is 1. The maximum absolute atomic E-state index is 12.0. The first-order chi connectivity index (χ1) is 5.82. The fourth-order valence-electron chi connectivity index (χ4n) is 0.837. The molecule has 0 bridgehead atoms. The molecule has 0 aromatic heterocycles. The summed E-state index contributed by atoms with van der Waals surface area (Å²) in [5, 5.41) is 2.23. The van der Waals surface area contributed by atoms with Crippen molar-refractivity contribution >= 4 is 18.3 Å². The minimum atomic E-state index is -4.47. The van der Waals surface area contributed by atoms with Crippen LogP contribution in [0.4, 0.5) is 13.2 Å². The minimum Gasteiger partial charge on any atom is -0.351 e. The fraction of sp³-hybridized carbons (Fsp3) is 0.857. The van der Waals surface area contributed by atoms with E-state index < -0.39 is 18.0 Å². The number of carbonyl (C=O) groups is 1. The normalized spacial score (nSPS) is 27.5. The molecular formula is C7H12ClF3N2O. The zero-order chi connectivity index (χ0) is 10.2. The Hall–Kier alpha value is -0.490. The lowest BCUT2D eigenvalue weighted by Crippen LogP contribution is -2.40. The SMILES string of the molecule is CC(C(=O)NC1CC1N)C(F)(F)F.Cl. The summed E-state index contributed by atoms with van der Waals surface area (Å²) in [6.45, 7) is 0.837. The van der Waals surface area contributed by atoms with Gasteiger partial charge in [0, 0.05) is 12.1 Å². The van der Waals surface area contributed by atoms with Crippen molar-refractivity contribution in [3.05, 3.63) is 0 Å². The quantitative estimate of drug-likeness (QED) is 0.741. The van der Waals surface area contributed by atoms with Crippen molar-refractivity contribution in [2.24, 2.45) is 11.7 Å².